The van der Waals surface area contributed by atoms with Crippen LogP contribution in [0.15, 0.2) is 23.1 Å². The average molecular weight is 226 g/mol. The van der Waals surface area contributed by atoms with E-state index >= 15 is 0 Å². The standard InChI is InChI=1S/C9H10N2O5/c1-16-9(13)4-5-10-6-7(11(14)15)2-3-8(10)12/h2-3,6H,4-5H2,1H3. The summed E-state index contributed by atoms with van der Waals surface area (Å²) in [7, 11) is 1.23. The van der Waals surface area contributed by atoms with E-state index in [1.54, 1.807) is 0 Å². The summed E-state index contributed by atoms with van der Waals surface area (Å²) in [6.45, 7) is 0.0627. The normalized spacial score (nSPS) is 9.81. The van der Waals surface area contributed by atoms with E-state index in [2.05, 4.69) is 4.74 Å². The lowest BCUT2D eigenvalue weighted by atomic mass is 10.3. The lowest BCUT2D eigenvalue weighted by Gasteiger charge is -2.03. The molecule has 1 aromatic heterocycles. The zero-order valence-electron chi connectivity index (χ0n) is 8.58. The molecular formula is C9H10N2O5. The molecule has 0 unspecified atom stereocenters. The number of hydrogen-bond acceptors (Lipinski definition) is 5. The molecule has 86 valence electrons. The smallest absolute Gasteiger partial charge is 0.307 e. The van der Waals surface area contributed by atoms with Gasteiger partial charge in [0, 0.05) is 18.7 Å². The number of esters is 1. The van der Waals surface area contributed by atoms with Gasteiger partial charge in [0.25, 0.3) is 11.2 Å². The van der Waals surface area contributed by atoms with Crippen LogP contribution in [0.5, 0.6) is 0 Å². The second-order valence-corrected chi connectivity index (χ2v) is 3.00. The number of ether oxygens (including phenoxy) is 1. The van der Waals surface area contributed by atoms with Crippen LogP contribution < -0.4 is 5.56 Å². The number of carbonyl (C=O) groups excluding carboxylic acids is 1. The molecule has 0 aromatic carbocycles. The van der Waals surface area contributed by atoms with Crippen molar-refractivity contribution in [1.29, 1.82) is 0 Å². The number of methoxy groups -OCH3 is 1. The molecule has 0 saturated carbocycles. The van der Waals surface area contributed by atoms with Gasteiger partial charge in [-0.3, -0.25) is 19.7 Å². The Balaban J connectivity index is 2.86. The first-order valence-electron chi connectivity index (χ1n) is 4.46. The quantitative estimate of drug-likeness (QED) is 0.419. The first-order chi connectivity index (χ1) is 7.54. The van der Waals surface area contributed by atoms with Gasteiger partial charge in [-0.1, -0.05) is 0 Å². The second-order valence-electron chi connectivity index (χ2n) is 3.00. The first kappa shape index (κ1) is 11.9. The summed E-state index contributed by atoms with van der Waals surface area (Å²) in [5, 5.41) is 10.5. The fourth-order valence-corrected chi connectivity index (χ4v) is 1.12. The van der Waals surface area contributed by atoms with E-state index in [9.17, 15) is 19.7 Å². The van der Waals surface area contributed by atoms with Gasteiger partial charge in [0.1, 0.15) is 0 Å². The predicted octanol–water partition coefficient (Wildman–Crippen LogP) is 0.320. The maximum absolute atomic E-state index is 11.3. The molecule has 16 heavy (non-hydrogen) atoms. The molecule has 1 rings (SSSR count). The third-order valence-electron chi connectivity index (χ3n) is 1.96. The summed E-state index contributed by atoms with van der Waals surface area (Å²) in [6, 6.07) is 2.21. The van der Waals surface area contributed by atoms with Crippen LogP contribution in [0.25, 0.3) is 0 Å². The van der Waals surface area contributed by atoms with Crippen LogP contribution in [0.1, 0.15) is 6.42 Å². The number of nitro groups is 1. The second kappa shape index (κ2) is 5.06. The van der Waals surface area contributed by atoms with Crippen LogP contribution in [-0.4, -0.2) is 22.6 Å². The van der Waals surface area contributed by atoms with Gasteiger partial charge in [0.15, 0.2) is 0 Å². The highest BCUT2D eigenvalue weighted by Gasteiger charge is 2.08. The van der Waals surface area contributed by atoms with E-state index in [-0.39, 0.29) is 18.7 Å². The molecule has 0 fully saturated rings. The van der Waals surface area contributed by atoms with Crippen molar-refractivity contribution in [2.24, 2.45) is 0 Å². The maximum Gasteiger partial charge on any atom is 0.307 e. The monoisotopic (exact) mass is 226 g/mol. The number of aryl methyl sites for hydroxylation is 1. The van der Waals surface area contributed by atoms with Gasteiger partial charge in [-0.25, -0.2) is 0 Å². The van der Waals surface area contributed by atoms with E-state index < -0.39 is 16.5 Å². The van der Waals surface area contributed by atoms with Crippen molar-refractivity contribution in [3.8, 4) is 0 Å². The highest BCUT2D eigenvalue weighted by molar-refractivity contribution is 5.68. The molecule has 7 heteroatoms. The summed E-state index contributed by atoms with van der Waals surface area (Å²) in [6.07, 6.45) is 1.10. The Kier molecular flexibility index (Phi) is 3.76. The Labute approximate surface area is 90.4 Å². The lowest BCUT2D eigenvalue weighted by molar-refractivity contribution is -0.385. The summed E-state index contributed by atoms with van der Waals surface area (Å²) >= 11 is 0. The van der Waals surface area contributed by atoms with Gasteiger partial charge in [-0.05, 0) is 0 Å². The fourth-order valence-electron chi connectivity index (χ4n) is 1.12. The molecule has 0 N–H and O–H groups in total. The minimum Gasteiger partial charge on any atom is -0.469 e. The molecule has 0 amide bonds. The van der Waals surface area contributed by atoms with Crippen molar-refractivity contribution >= 4 is 11.7 Å². The van der Waals surface area contributed by atoms with Crippen molar-refractivity contribution in [2.45, 2.75) is 13.0 Å². The van der Waals surface area contributed by atoms with Crippen molar-refractivity contribution in [3.63, 3.8) is 0 Å². The van der Waals surface area contributed by atoms with E-state index in [1.165, 1.54) is 7.11 Å². The molecule has 0 bridgehead atoms. The first-order valence-corrected chi connectivity index (χ1v) is 4.46. The molecule has 1 aromatic rings. The Morgan fingerprint density at radius 3 is 2.81 bits per heavy atom. The van der Waals surface area contributed by atoms with Gasteiger partial charge >= 0.3 is 5.97 Å². The molecule has 7 nitrogen and oxygen atoms in total. The van der Waals surface area contributed by atoms with Crippen LogP contribution in [-0.2, 0) is 16.1 Å². The maximum atomic E-state index is 11.3. The van der Waals surface area contributed by atoms with Crippen LogP contribution in [0, 0.1) is 10.1 Å². The lowest BCUT2D eigenvalue weighted by Crippen LogP contribution is -2.20. The molecule has 0 aliphatic carbocycles. The topological polar surface area (TPSA) is 91.4 Å². The van der Waals surface area contributed by atoms with Crippen molar-refractivity contribution in [3.05, 3.63) is 38.8 Å². The minimum absolute atomic E-state index is 0.00241. The summed E-state index contributed by atoms with van der Waals surface area (Å²) in [5.41, 5.74) is -0.584. The van der Waals surface area contributed by atoms with Gasteiger partial charge in [-0.2, -0.15) is 0 Å². The van der Waals surface area contributed by atoms with Crippen molar-refractivity contribution in [2.75, 3.05) is 7.11 Å². The van der Waals surface area contributed by atoms with E-state index in [1.807, 2.05) is 0 Å². The Morgan fingerprint density at radius 1 is 1.56 bits per heavy atom. The van der Waals surface area contributed by atoms with Crippen molar-refractivity contribution in [1.82, 2.24) is 4.57 Å². The Hall–Kier alpha value is -2.18. The number of rotatable bonds is 4. The van der Waals surface area contributed by atoms with Gasteiger partial charge in [0.2, 0.25) is 0 Å². The van der Waals surface area contributed by atoms with Crippen LogP contribution in [0.4, 0.5) is 5.69 Å². The zero-order valence-corrected chi connectivity index (χ0v) is 8.58. The molecule has 0 aliphatic rings. The van der Waals surface area contributed by atoms with E-state index in [0.717, 1.165) is 22.9 Å². The van der Waals surface area contributed by atoms with E-state index in [4.69, 9.17) is 0 Å². The van der Waals surface area contributed by atoms with Crippen LogP contribution >= 0.6 is 0 Å². The van der Waals surface area contributed by atoms with Crippen molar-refractivity contribution < 1.29 is 14.5 Å². The number of nitrogens with zero attached hydrogens (tertiary/aromatic N) is 2. The molecule has 1 heterocycles. The highest BCUT2D eigenvalue weighted by atomic mass is 16.6. The van der Waals surface area contributed by atoms with Gasteiger partial charge in [0.05, 0.1) is 24.7 Å². The fraction of sp³-hybridized carbons (Fsp3) is 0.333. The van der Waals surface area contributed by atoms with Gasteiger partial charge in [-0.15, -0.1) is 0 Å². The third-order valence-corrected chi connectivity index (χ3v) is 1.96. The van der Waals surface area contributed by atoms with Gasteiger partial charge < -0.3 is 9.30 Å². The molecule has 0 radical (unpaired) electrons. The number of carbonyl (C=O) groups is 1. The molecular weight excluding hydrogens is 216 g/mol. The minimum atomic E-state index is -0.603. The highest BCUT2D eigenvalue weighted by Crippen LogP contribution is 2.06. The predicted molar refractivity (Wildman–Crippen MR) is 54.0 cm³/mol. The van der Waals surface area contributed by atoms with Crippen LogP contribution in [0.2, 0.25) is 0 Å². The number of hydrogen-bond donors (Lipinski definition) is 0. The summed E-state index contributed by atoms with van der Waals surface area (Å²) < 4.78 is 5.51. The third kappa shape index (κ3) is 2.91. The summed E-state index contributed by atoms with van der Waals surface area (Å²) in [4.78, 5) is 32.0. The summed E-state index contributed by atoms with van der Waals surface area (Å²) in [5.74, 6) is -0.474. The Morgan fingerprint density at radius 2 is 2.25 bits per heavy atom. The number of pyridine rings is 1. The Bertz CT molecular complexity index is 465. The largest absolute Gasteiger partial charge is 0.469 e. The molecule has 0 atom stereocenters. The van der Waals surface area contributed by atoms with Crippen LogP contribution in [0.3, 0.4) is 0 Å². The molecule has 0 saturated heterocycles. The molecule has 0 spiro atoms. The average Bonchev–Trinajstić information content (AvgIpc) is 2.27. The van der Waals surface area contributed by atoms with E-state index in [0.29, 0.717) is 0 Å². The number of aromatic nitrogens is 1. The SMILES string of the molecule is COC(=O)CCn1cc([N+](=O)[O-])ccc1=O. The zero-order chi connectivity index (χ0) is 12.1. The molecule has 0 aliphatic heterocycles.